The van der Waals surface area contributed by atoms with Crippen molar-refractivity contribution in [1.29, 1.82) is 0 Å². The number of hydrogen-bond donors (Lipinski definition) is 1. The van der Waals surface area contributed by atoms with Crippen LogP contribution in [-0.2, 0) is 9.53 Å². The zero-order valence-corrected chi connectivity index (χ0v) is 13.2. The normalized spacial score (nSPS) is 11.0. The second-order valence-corrected chi connectivity index (χ2v) is 4.96. The lowest BCUT2D eigenvalue weighted by Gasteiger charge is -2.10. The van der Waals surface area contributed by atoms with Crippen molar-refractivity contribution in [3.63, 3.8) is 0 Å². The van der Waals surface area contributed by atoms with Crippen molar-refractivity contribution in [3.8, 4) is 0 Å². The molecule has 0 radical (unpaired) electrons. The monoisotopic (exact) mass is 309 g/mol. The molecule has 1 N–H and O–H groups in total. The molecule has 2 aromatic rings. The molecule has 23 heavy (non-hydrogen) atoms. The third-order valence-electron chi connectivity index (χ3n) is 3.21. The summed E-state index contributed by atoms with van der Waals surface area (Å²) in [5.74, 6) is -0.710. The molecule has 0 atom stereocenters. The molecule has 2 rings (SSSR count). The van der Waals surface area contributed by atoms with E-state index >= 15 is 0 Å². The minimum absolute atomic E-state index is 0.259. The molecule has 1 amide bonds. The van der Waals surface area contributed by atoms with Crippen LogP contribution in [-0.4, -0.2) is 18.5 Å². The Morgan fingerprint density at radius 2 is 1.70 bits per heavy atom. The van der Waals surface area contributed by atoms with Crippen LogP contribution in [0.1, 0.15) is 29.8 Å². The first kappa shape index (κ1) is 16.5. The van der Waals surface area contributed by atoms with Gasteiger partial charge in [-0.1, -0.05) is 42.5 Å². The van der Waals surface area contributed by atoms with E-state index in [2.05, 4.69) is 5.32 Å². The molecule has 0 heterocycles. The number of para-hydroxylation sites is 1. The number of amides is 1. The molecule has 0 spiro atoms. The van der Waals surface area contributed by atoms with Crippen molar-refractivity contribution in [2.24, 2.45) is 0 Å². The highest BCUT2D eigenvalue weighted by Crippen LogP contribution is 2.17. The molecular weight excluding hydrogens is 290 g/mol. The summed E-state index contributed by atoms with van der Waals surface area (Å²) in [6.45, 7) is 3.76. The Morgan fingerprint density at radius 3 is 2.39 bits per heavy atom. The standard InChI is InChI=1S/C19H19NO3/c1-3-23-19(22)16-11-7-8-12-17(16)20-18(21)14(2)13-15-9-5-4-6-10-15/h4-13H,3H2,1-2H3,(H,20,21). The fraction of sp³-hybridized carbons (Fsp3) is 0.158. The van der Waals surface area contributed by atoms with Gasteiger partial charge in [-0.05, 0) is 37.6 Å². The van der Waals surface area contributed by atoms with Crippen LogP contribution in [0.4, 0.5) is 5.69 Å². The van der Waals surface area contributed by atoms with Gasteiger partial charge in [-0.2, -0.15) is 0 Å². The van der Waals surface area contributed by atoms with Gasteiger partial charge in [0.1, 0.15) is 0 Å². The largest absolute Gasteiger partial charge is 0.462 e. The number of carbonyl (C=O) groups excluding carboxylic acids is 2. The molecule has 2 aromatic carbocycles. The summed E-state index contributed by atoms with van der Waals surface area (Å²) in [4.78, 5) is 24.2. The minimum Gasteiger partial charge on any atom is -0.462 e. The van der Waals surface area contributed by atoms with Crippen LogP contribution in [0.3, 0.4) is 0 Å². The van der Waals surface area contributed by atoms with Crippen molar-refractivity contribution < 1.29 is 14.3 Å². The van der Waals surface area contributed by atoms with E-state index in [0.29, 0.717) is 16.8 Å². The number of carbonyl (C=O) groups is 2. The molecule has 0 aromatic heterocycles. The summed E-state index contributed by atoms with van der Waals surface area (Å²) in [6, 6.07) is 16.4. The number of hydrogen-bond acceptors (Lipinski definition) is 3. The van der Waals surface area contributed by atoms with Crippen molar-refractivity contribution >= 4 is 23.6 Å². The van der Waals surface area contributed by atoms with E-state index in [4.69, 9.17) is 4.74 Å². The van der Waals surface area contributed by atoms with E-state index in [0.717, 1.165) is 5.56 Å². The molecule has 0 fully saturated rings. The van der Waals surface area contributed by atoms with Gasteiger partial charge in [0.25, 0.3) is 5.91 Å². The maximum atomic E-state index is 12.3. The summed E-state index contributed by atoms with van der Waals surface area (Å²) in [7, 11) is 0. The summed E-state index contributed by atoms with van der Waals surface area (Å²) in [6.07, 6.45) is 1.79. The smallest absolute Gasteiger partial charge is 0.340 e. The third-order valence-corrected chi connectivity index (χ3v) is 3.21. The summed E-state index contributed by atoms with van der Waals surface area (Å²) < 4.78 is 5.00. The second kappa shape index (κ2) is 7.94. The van der Waals surface area contributed by atoms with Gasteiger partial charge in [0.05, 0.1) is 17.9 Å². The SMILES string of the molecule is CCOC(=O)c1ccccc1NC(=O)C(C)=Cc1ccccc1. The predicted molar refractivity (Wildman–Crippen MR) is 91.1 cm³/mol. The summed E-state index contributed by atoms with van der Waals surface area (Å²) >= 11 is 0. The van der Waals surface area contributed by atoms with E-state index in [1.807, 2.05) is 30.3 Å². The van der Waals surface area contributed by atoms with Gasteiger partial charge >= 0.3 is 5.97 Å². The maximum Gasteiger partial charge on any atom is 0.340 e. The van der Waals surface area contributed by atoms with Gasteiger partial charge in [0, 0.05) is 5.57 Å². The van der Waals surface area contributed by atoms with Crippen LogP contribution in [0, 0.1) is 0 Å². The van der Waals surface area contributed by atoms with Crippen molar-refractivity contribution in [1.82, 2.24) is 0 Å². The predicted octanol–water partition coefficient (Wildman–Crippen LogP) is 3.91. The van der Waals surface area contributed by atoms with E-state index in [1.54, 1.807) is 44.2 Å². The van der Waals surface area contributed by atoms with Crippen molar-refractivity contribution in [3.05, 3.63) is 71.3 Å². The lowest BCUT2D eigenvalue weighted by Crippen LogP contribution is -2.16. The highest BCUT2D eigenvalue weighted by Gasteiger charge is 2.14. The number of anilines is 1. The molecule has 0 unspecified atom stereocenters. The van der Waals surface area contributed by atoms with Gasteiger partial charge in [-0.25, -0.2) is 4.79 Å². The highest BCUT2D eigenvalue weighted by atomic mass is 16.5. The fourth-order valence-corrected chi connectivity index (χ4v) is 2.06. The fourth-order valence-electron chi connectivity index (χ4n) is 2.06. The van der Waals surface area contributed by atoms with Gasteiger partial charge in [0.2, 0.25) is 0 Å². The Bertz CT molecular complexity index is 720. The molecule has 0 bridgehead atoms. The third kappa shape index (κ3) is 4.54. The molecule has 4 nitrogen and oxygen atoms in total. The van der Waals surface area contributed by atoms with E-state index in [9.17, 15) is 9.59 Å². The molecule has 118 valence electrons. The Hall–Kier alpha value is -2.88. The lowest BCUT2D eigenvalue weighted by atomic mass is 10.1. The first-order valence-electron chi connectivity index (χ1n) is 7.42. The number of rotatable bonds is 5. The topological polar surface area (TPSA) is 55.4 Å². The Labute approximate surface area is 135 Å². The number of esters is 1. The lowest BCUT2D eigenvalue weighted by molar-refractivity contribution is -0.112. The van der Waals surface area contributed by atoms with E-state index in [-0.39, 0.29) is 12.5 Å². The quantitative estimate of drug-likeness (QED) is 0.673. The van der Waals surface area contributed by atoms with Crippen LogP contribution in [0.2, 0.25) is 0 Å². The molecule has 0 aliphatic carbocycles. The Balaban J connectivity index is 2.17. The number of benzene rings is 2. The minimum atomic E-state index is -0.451. The average Bonchev–Trinajstić information content (AvgIpc) is 2.56. The Morgan fingerprint density at radius 1 is 1.04 bits per heavy atom. The van der Waals surface area contributed by atoms with Gasteiger partial charge in [-0.3, -0.25) is 4.79 Å². The first-order chi connectivity index (χ1) is 11.1. The van der Waals surface area contributed by atoms with Crippen molar-refractivity contribution in [2.45, 2.75) is 13.8 Å². The van der Waals surface area contributed by atoms with E-state index < -0.39 is 5.97 Å². The van der Waals surface area contributed by atoms with Crippen LogP contribution in [0.25, 0.3) is 6.08 Å². The van der Waals surface area contributed by atoms with Crippen LogP contribution >= 0.6 is 0 Å². The molecule has 0 saturated carbocycles. The first-order valence-corrected chi connectivity index (χ1v) is 7.42. The van der Waals surface area contributed by atoms with Crippen LogP contribution in [0.15, 0.2) is 60.2 Å². The number of nitrogens with one attached hydrogen (secondary N) is 1. The molecule has 0 aliphatic heterocycles. The van der Waals surface area contributed by atoms with Gasteiger partial charge in [-0.15, -0.1) is 0 Å². The second-order valence-electron chi connectivity index (χ2n) is 4.96. The Kier molecular flexibility index (Phi) is 5.69. The van der Waals surface area contributed by atoms with Crippen LogP contribution in [0.5, 0.6) is 0 Å². The maximum absolute atomic E-state index is 12.3. The zero-order chi connectivity index (χ0) is 16.7. The van der Waals surface area contributed by atoms with E-state index in [1.165, 1.54) is 0 Å². The summed E-state index contributed by atoms with van der Waals surface area (Å²) in [5.41, 5.74) is 2.28. The average molecular weight is 309 g/mol. The van der Waals surface area contributed by atoms with Crippen LogP contribution < -0.4 is 5.32 Å². The molecule has 4 heteroatoms. The molecule has 0 aliphatic rings. The molecule has 0 saturated heterocycles. The van der Waals surface area contributed by atoms with Gasteiger partial charge < -0.3 is 10.1 Å². The summed E-state index contributed by atoms with van der Waals surface area (Å²) in [5, 5.41) is 2.76. The van der Waals surface area contributed by atoms with Gasteiger partial charge in [0.15, 0.2) is 0 Å². The number of ether oxygens (including phenoxy) is 1. The zero-order valence-electron chi connectivity index (χ0n) is 13.2. The van der Waals surface area contributed by atoms with Crippen molar-refractivity contribution in [2.75, 3.05) is 11.9 Å². The molecular formula is C19H19NO3. The highest BCUT2D eigenvalue weighted by molar-refractivity contribution is 6.09.